The van der Waals surface area contributed by atoms with E-state index < -0.39 is 6.04 Å². The van der Waals surface area contributed by atoms with Gasteiger partial charge in [-0.2, -0.15) is 0 Å². The van der Waals surface area contributed by atoms with Crippen molar-refractivity contribution >= 4 is 11.8 Å². The fourth-order valence-corrected chi connectivity index (χ4v) is 4.05. The van der Waals surface area contributed by atoms with Crippen LogP contribution in [0.5, 0.6) is 0 Å². The number of nitrogens with zero attached hydrogens (tertiary/aromatic N) is 1. The van der Waals surface area contributed by atoms with Crippen molar-refractivity contribution in [1.29, 1.82) is 0 Å². The van der Waals surface area contributed by atoms with Crippen LogP contribution in [0.1, 0.15) is 52.4 Å². The van der Waals surface area contributed by atoms with Crippen molar-refractivity contribution in [2.24, 2.45) is 0 Å². The molecule has 1 heterocycles. The van der Waals surface area contributed by atoms with Gasteiger partial charge in [-0.05, 0) is 35.1 Å². The summed E-state index contributed by atoms with van der Waals surface area (Å²) in [7, 11) is 0. The molecule has 1 N–H and O–H groups in total. The van der Waals surface area contributed by atoms with Gasteiger partial charge < -0.3 is 10.2 Å². The lowest BCUT2D eigenvalue weighted by molar-refractivity contribution is -0.125. The standard InChI is InChI=1S/C26H26N2O2/c1-19(21-12-6-3-7-13-21)16-17-28-24(22-14-8-9-15-23(22)26(28)30)25(29)27-18-20-10-4-2-5-11-20/h2-15,19,24H,16-18H2,1H3,(H,27,29). The van der Waals surface area contributed by atoms with Crippen LogP contribution in [0, 0.1) is 0 Å². The molecule has 0 fully saturated rings. The van der Waals surface area contributed by atoms with E-state index in [1.807, 2.05) is 72.8 Å². The number of fused-ring (bicyclic) bond motifs is 1. The van der Waals surface area contributed by atoms with Gasteiger partial charge in [0, 0.05) is 18.7 Å². The number of hydrogen-bond acceptors (Lipinski definition) is 2. The number of carbonyl (C=O) groups excluding carboxylic acids is 2. The first-order valence-electron chi connectivity index (χ1n) is 10.4. The van der Waals surface area contributed by atoms with Crippen LogP contribution in [-0.4, -0.2) is 23.3 Å². The van der Waals surface area contributed by atoms with E-state index in [4.69, 9.17) is 0 Å². The average Bonchev–Trinajstić information content (AvgIpc) is 3.09. The van der Waals surface area contributed by atoms with Crippen molar-refractivity contribution in [1.82, 2.24) is 10.2 Å². The minimum absolute atomic E-state index is 0.0641. The van der Waals surface area contributed by atoms with Crippen molar-refractivity contribution in [2.75, 3.05) is 6.54 Å². The molecule has 1 aliphatic rings. The van der Waals surface area contributed by atoms with Crippen LogP contribution in [-0.2, 0) is 11.3 Å². The van der Waals surface area contributed by atoms with E-state index in [2.05, 4.69) is 24.4 Å². The third-order valence-electron chi connectivity index (χ3n) is 5.79. The summed E-state index contributed by atoms with van der Waals surface area (Å²) >= 11 is 0. The normalized spacial score (nSPS) is 16.2. The van der Waals surface area contributed by atoms with Gasteiger partial charge in [-0.15, -0.1) is 0 Å². The van der Waals surface area contributed by atoms with Crippen LogP contribution in [0.2, 0.25) is 0 Å². The third-order valence-corrected chi connectivity index (χ3v) is 5.79. The molecule has 0 saturated heterocycles. The Kier molecular flexibility index (Phi) is 5.94. The second-order valence-corrected chi connectivity index (χ2v) is 7.79. The quantitative estimate of drug-likeness (QED) is 0.627. The van der Waals surface area contributed by atoms with E-state index in [-0.39, 0.29) is 11.8 Å². The van der Waals surface area contributed by atoms with Crippen molar-refractivity contribution in [3.63, 3.8) is 0 Å². The zero-order valence-electron chi connectivity index (χ0n) is 17.1. The lowest BCUT2D eigenvalue weighted by atomic mass is 9.97. The Morgan fingerprint density at radius 2 is 1.57 bits per heavy atom. The fourth-order valence-electron chi connectivity index (χ4n) is 4.05. The second-order valence-electron chi connectivity index (χ2n) is 7.79. The number of rotatable bonds is 7. The van der Waals surface area contributed by atoms with Crippen LogP contribution in [0.15, 0.2) is 84.9 Å². The van der Waals surface area contributed by atoms with E-state index in [1.54, 1.807) is 4.90 Å². The maximum Gasteiger partial charge on any atom is 0.255 e. The number of carbonyl (C=O) groups is 2. The summed E-state index contributed by atoms with van der Waals surface area (Å²) < 4.78 is 0. The van der Waals surface area contributed by atoms with Crippen molar-refractivity contribution < 1.29 is 9.59 Å². The van der Waals surface area contributed by atoms with Gasteiger partial charge in [-0.25, -0.2) is 0 Å². The molecular weight excluding hydrogens is 372 g/mol. The number of benzene rings is 3. The summed E-state index contributed by atoms with van der Waals surface area (Å²) in [6.45, 7) is 3.14. The van der Waals surface area contributed by atoms with Crippen LogP contribution in [0.25, 0.3) is 0 Å². The molecule has 30 heavy (non-hydrogen) atoms. The Bertz CT molecular complexity index is 1020. The molecule has 152 valence electrons. The maximum absolute atomic E-state index is 13.1. The van der Waals surface area contributed by atoms with E-state index in [0.717, 1.165) is 17.5 Å². The summed E-state index contributed by atoms with van der Waals surface area (Å²) in [5, 5.41) is 3.02. The van der Waals surface area contributed by atoms with E-state index >= 15 is 0 Å². The highest BCUT2D eigenvalue weighted by Crippen LogP contribution is 2.34. The summed E-state index contributed by atoms with van der Waals surface area (Å²) in [5.74, 6) is 0.103. The van der Waals surface area contributed by atoms with Gasteiger partial charge in [0.1, 0.15) is 6.04 Å². The molecule has 4 heteroatoms. The molecule has 4 rings (SSSR count). The largest absolute Gasteiger partial charge is 0.350 e. The topological polar surface area (TPSA) is 49.4 Å². The molecule has 2 unspecified atom stereocenters. The number of nitrogens with one attached hydrogen (secondary N) is 1. The van der Waals surface area contributed by atoms with Crippen molar-refractivity contribution in [3.05, 3.63) is 107 Å². The first-order valence-corrected chi connectivity index (χ1v) is 10.4. The van der Waals surface area contributed by atoms with Crippen molar-refractivity contribution in [3.8, 4) is 0 Å². The molecule has 0 bridgehead atoms. The van der Waals surface area contributed by atoms with Gasteiger partial charge in [-0.1, -0.05) is 85.8 Å². The van der Waals surface area contributed by atoms with E-state index in [0.29, 0.717) is 24.6 Å². The van der Waals surface area contributed by atoms with Gasteiger partial charge in [-0.3, -0.25) is 9.59 Å². The van der Waals surface area contributed by atoms with Crippen LogP contribution in [0.3, 0.4) is 0 Å². The fraction of sp³-hybridized carbons (Fsp3) is 0.231. The molecule has 2 amide bonds. The molecule has 3 aromatic rings. The summed E-state index contributed by atoms with van der Waals surface area (Å²) in [5.41, 5.74) is 3.70. The smallest absolute Gasteiger partial charge is 0.255 e. The molecule has 1 aliphatic heterocycles. The number of amides is 2. The van der Waals surface area contributed by atoms with Gasteiger partial charge in [0.25, 0.3) is 5.91 Å². The van der Waals surface area contributed by atoms with E-state index in [1.165, 1.54) is 5.56 Å². The number of hydrogen-bond donors (Lipinski definition) is 1. The predicted octanol–water partition coefficient (Wildman–Crippen LogP) is 4.69. The maximum atomic E-state index is 13.1. The Hall–Kier alpha value is -3.40. The highest BCUT2D eigenvalue weighted by Gasteiger charge is 2.40. The van der Waals surface area contributed by atoms with Crippen molar-refractivity contribution in [2.45, 2.75) is 31.8 Å². The SMILES string of the molecule is CC(CCN1C(=O)c2ccccc2C1C(=O)NCc1ccccc1)c1ccccc1. The van der Waals surface area contributed by atoms with Crippen LogP contribution in [0.4, 0.5) is 0 Å². The second kappa shape index (κ2) is 8.95. The minimum atomic E-state index is -0.583. The molecule has 0 spiro atoms. The summed E-state index contributed by atoms with van der Waals surface area (Å²) in [6.07, 6.45) is 0.798. The third kappa shape index (κ3) is 4.13. The Balaban J connectivity index is 1.50. The Morgan fingerprint density at radius 1 is 0.933 bits per heavy atom. The molecule has 0 aliphatic carbocycles. The molecular formula is C26H26N2O2. The zero-order valence-corrected chi connectivity index (χ0v) is 17.1. The highest BCUT2D eigenvalue weighted by atomic mass is 16.2. The van der Waals surface area contributed by atoms with Crippen LogP contribution < -0.4 is 5.32 Å². The van der Waals surface area contributed by atoms with Gasteiger partial charge >= 0.3 is 0 Å². The first-order chi connectivity index (χ1) is 14.6. The first kappa shape index (κ1) is 19.9. The monoisotopic (exact) mass is 398 g/mol. The lowest BCUT2D eigenvalue weighted by Gasteiger charge is -2.26. The highest BCUT2D eigenvalue weighted by molar-refractivity contribution is 6.04. The van der Waals surface area contributed by atoms with Gasteiger partial charge in [0.2, 0.25) is 5.91 Å². The van der Waals surface area contributed by atoms with Crippen LogP contribution >= 0.6 is 0 Å². The van der Waals surface area contributed by atoms with Gasteiger partial charge in [0.05, 0.1) is 0 Å². The lowest BCUT2D eigenvalue weighted by Crippen LogP contribution is -2.39. The molecule has 0 aromatic heterocycles. The zero-order chi connectivity index (χ0) is 20.9. The summed E-state index contributed by atoms with van der Waals surface area (Å²) in [6, 6.07) is 27.0. The Labute approximate surface area is 177 Å². The average molecular weight is 399 g/mol. The van der Waals surface area contributed by atoms with Gasteiger partial charge in [0.15, 0.2) is 0 Å². The summed E-state index contributed by atoms with van der Waals surface area (Å²) in [4.78, 5) is 28.0. The molecule has 3 aromatic carbocycles. The predicted molar refractivity (Wildman–Crippen MR) is 118 cm³/mol. The molecule has 2 atom stereocenters. The minimum Gasteiger partial charge on any atom is -0.350 e. The molecule has 0 saturated carbocycles. The molecule has 0 radical (unpaired) electrons. The van der Waals surface area contributed by atoms with E-state index in [9.17, 15) is 9.59 Å². The molecule has 4 nitrogen and oxygen atoms in total. The Morgan fingerprint density at radius 3 is 2.30 bits per heavy atom.